The molecule has 3 aromatic rings. The minimum Gasteiger partial charge on any atom is -0.386 e. The standard InChI is InChI=1S/C31H44N6O2/c1-21-6-5-7-27(33-21)30(38)34-29-16-24-20-37(35-28(24)17-26(29)31(2,3)39)25-10-8-22(9-11-25)18-36(4)19-23-12-14-32-15-13-23/h5-7,16-17,20,22-23,25,32,39H,8-15,18-19H2,1-4H3,(H,34,38). The van der Waals surface area contributed by atoms with Crippen molar-refractivity contribution in [2.45, 2.75) is 70.9 Å². The molecule has 1 aliphatic heterocycles. The van der Waals surface area contributed by atoms with Crippen molar-refractivity contribution in [1.82, 2.24) is 25.0 Å². The highest BCUT2D eigenvalue weighted by Crippen LogP contribution is 2.36. The average molecular weight is 533 g/mol. The van der Waals surface area contributed by atoms with Gasteiger partial charge in [-0.3, -0.25) is 9.48 Å². The highest BCUT2D eigenvalue weighted by atomic mass is 16.3. The van der Waals surface area contributed by atoms with Gasteiger partial charge in [0.15, 0.2) is 0 Å². The molecule has 1 aliphatic carbocycles. The molecule has 1 saturated carbocycles. The summed E-state index contributed by atoms with van der Waals surface area (Å²) in [4.78, 5) is 19.9. The minimum absolute atomic E-state index is 0.292. The largest absolute Gasteiger partial charge is 0.386 e. The number of hydrogen-bond acceptors (Lipinski definition) is 6. The summed E-state index contributed by atoms with van der Waals surface area (Å²) in [7, 11) is 2.29. The normalized spacial score (nSPS) is 21.0. The molecule has 2 aromatic heterocycles. The number of nitrogens with zero attached hydrogens (tertiary/aromatic N) is 4. The van der Waals surface area contributed by atoms with E-state index in [9.17, 15) is 9.90 Å². The summed E-state index contributed by atoms with van der Waals surface area (Å²) in [5.74, 6) is 1.29. The molecule has 1 aromatic carbocycles. The first-order valence-electron chi connectivity index (χ1n) is 14.6. The lowest BCUT2D eigenvalue weighted by atomic mass is 9.85. The maximum Gasteiger partial charge on any atom is 0.274 e. The maximum absolute atomic E-state index is 13.0. The van der Waals surface area contributed by atoms with E-state index in [2.05, 4.69) is 38.4 Å². The first-order chi connectivity index (χ1) is 18.7. The van der Waals surface area contributed by atoms with Gasteiger partial charge in [-0.2, -0.15) is 5.10 Å². The molecule has 0 spiro atoms. The number of amides is 1. The van der Waals surface area contributed by atoms with Gasteiger partial charge in [-0.1, -0.05) is 6.07 Å². The summed E-state index contributed by atoms with van der Waals surface area (Å²) in [6.45, 7) is 10.1. The van der Waals surface area contributed by atoms with Crippen LogP contribution in [-0.2, 0) is 5.60 Å². The first-order valence-corrected chi connectivity index (χ1v) is 14.6. The van der Waals surface area contributed by atoms with E-state index in [0.29, 0.717) is 23.0 Å². The average Bonchev–Trinajstić information content (AvgIpc) is 3.32. The summed E-state index contributed by atoms with van der Waals surface area (Å²) in [5, 5.41) is 23.3. The highest BCUT2D eigenvalue weighted by molar-refractivity contribution is 6.04. The van der Waals surface area contributed by atoms with Crippen LogP contribution in [0.1, 0.15) is 80.2 Å². The zero-order valence-electron chi connectivity index (χ0n) is 23.9. The number of pyridine rings is 1. The number of carbonyl (C=O) groups excluding carboxylic acids is 1. The molecule has 2 aliphatic rings. The Morgan fingerprint density at radius 2 is 1.79 bits per heavy atom. The van der Waals surface area contributed by atoms with E-state index in [4.69, 9.17) is 5.10 Å². The van der Waals surface area contributed by atoms with Crippen LogP contribution in [0.2, 0.25) is 0 Å². The fourth-order valence-electron chi connectivity index (χ4n) is 6.36. The summed E-state index contributed by atoms with van der Waals surface area (Å²) < 4.78 is 2.11. The molecule has 3 N–H and O–H groups in total. The van der Waals surface area contributed by atoms with Crippen molar-refractivity contribution in [3.05, 3.63) is 53.5 Å². The molecule has 0 atom stereocenters. The third-order valence-electron chi connectivity index (χ3n) is 8.48. The smallest absolute Gasteiger partial charge is 0.274 e. The van der Waals surface area contributed by atoms with Crippen molar-refractivity contribution in [2.75, 3.05) is 38.5 Å². The van der Waals surface area contributed by atoms with Crippen molar-refractivity contribution >= 4 is 22.5 Å². The molecule has 8 heteroatoms. The molecular formula is C31H44N6O2. The number of fused-ring (bicyclic) bond motifs is 1. The molecule has 0 radical (unpaired) electrons. The van der Waals surface area contributed by atoms with Crippen LogP contribution in [0.5, 0.6) is 0 Å². The quantitative estimate of drug-likeness (QED) is 0.383. The number of benzene rings is 1. The third kappa shape index (κ3) is 6.86. The topological polar surface area (TPSA) is 95.3 Å². The molecular weight excluding hydrogens is 488 g/mol. The van der Waals surface area contributed by atoms with Gasteiger partial charge in [-0.25, -0.2) is 4.98 Å². The molecule has 0 bridgehead atoms. The van der Waals surface area contributed by atoms with Crippen LogP contribution in [0, 0.1) is 18.8 Å². The van der Waals surface area contributed by atoms with Gasteiger partial charge in [0.05, 0.1) is 17.2 Å². The zero-order chi connectivity index (χ0) is 27.6. The van der Waals surface area contributed by atoms with Crippen LogP contribution < -0.4 is 10.6 Å². The monoisotopic (exact) mass is 532 g/mol. The molecule has 1 saturated heterocycles. The number of carbonyl (C=O) groups is 1. The fraction of sp³-hybridized carbons (Fsp3) is 0.581. The van der Waals surface area contributed by atoms with Gasteiger partial charge >= 0.3 is 0 Å². The number of nitrogens with one attached hydrogen (secondary N) is 2. The molecule has 0 unspecified atom stereocenters. The molecule has 210 valence electrons. The first kappa shape index (κ1) is 27.7. The Hall–Kier alpha value is -2.81. The number of anilines is 1. The van der Waals surface area contributed by atoms with Crippen LogP contribution in [0.25, 0.3) is 10.9 Å². The van der Waals surface area contributed by atoms with E-state index >= 15 is 0 Å². The maximum atomic E-state index is 13.0. The molecule has 3 heterocycles. The number of aliphatic hydroxyl groups is 1. The number of aryl methyl sites for hydroxylation is 1. The lowest BCUT2D eigenvalue weighted by Gasteiger charge is -2.33. The minimum atomic E-state index is -1.14. The number of hydrogen-bond donors (Lipinski definition) is 3. The highest BCUT2D eigenvalue weighted by Gasteiger charge is 2.27. The third-order valence-corrected chi connectivity index (χ3v) is 8.48. The van der Waals surface area contributed by atoms with Crippen molar-refractivity contribution in [3.8, 4) is 0 Å². The predicted octanol–water partition coefficient (Wildman–Crippen LogP) is 4.88. The zero-order valence-corrected chi connectivity index (χ0v) is 23.9. The van der Waals surface area contributed by atoms with Gasteiger partial charge in [0.25, 0.3) is 5.91 Å². The number of aromatic nitrogens is 3. The van der Waals surface area contributed by atoms with Gasteiger partial charge in [0.2, 0.25) is 0 Å². The van der Waals surface area contributed by atoms with Crippen molar-refractivity contribution in [1.29, 1.82) is 0 Å². The molecule has 39 heavy (non-hydrogen) atoms. The lowest BCUT2D eigenvalue weighted by molar-refractivity contribution is 0.0793. The number of piperidine rings is 1. The van der Waals surface area contributed by atoms with Gasteiger partial charge in [-0.15, -0.1) is 0 Å². The predicted molar refractivity (Wildman–Crippen MR) is 156 cm³/mol. The Balaban J connectivity index is 1.26. The Labute approximate surface area is 232 Å². The molecule has 8 nitrogen and oxygen atoms in total. The Morgan fingerprint density at radius 1 is 1.10 bits per heavy atom. The van der Waals surface area contributed by atoms with Crippen LogP contribution in [0.4, 0.5) is 5.69 Å². The van der Waals surface area contributed by atoms with Crippen LogP contribution in [-0.4, -0.2) is 63.9 Å². The summed E-state index contributed by atoms with van der Waals surface area (Å²) in [5.41, 5.74) is 2.06. The van der Waals surface area contributed by atoms with Gasteiger partial charge in [0.1, 0.15) is 5.69 Å². The van der Waals surface area contributed by atoms with Gasteiger partial charge < -0.3 is 20.6 Å². The summed E-state index contributed by atoms with van der Waals surface area (Å²) in [6, 6.07) is 9.60. The van der Waals surface area contributed by atoms with E-state index in [0.717, 1.165) is 54.4 Å². The Kier molecular flexibility index (Phi) is 8.35. The number of rotatable bonds is 8. The van der Waals surface area contributed by atoms with Crippen LogP contribution in [0.3, 0.4) is 0 Å². The second-order valence-corrected chi connectivity index (χ2v) is 12.3. The van der Waals surface area contributed by atoms with Crippen molar-refractivity contribution in [2.24, 2.45) is 11.8 Å². The summed E-state index contributed by atoms with van der Waals surface area (Å²) >= 11 is 0. The van der Waals surface area contributed by atoms with Gasteiger partial charge in [-0.05, 0) is 116 Å². The second-order valence-electron chi connectivity index (χ2n) is 12.3. The van der Waals surface area contributed by atoms with Crippen molar-refractivity contribution < 1.29 is 9.90 Å². The molecule has 2 fully saturated rings. The fourth-order valence-corrected chi connectivity index (χ4v) is 6.36. The lowest BCUT2D eigenvalue weighted by Crippen LogP contribution is -2.37. The van der Waals surface area contributed by atoms with Crippen LogP contribution in [0.15, 0.2) is 36.5 Å². The van der Waals surface area contributed by atoms with E-state index in [1.165, 1.54) is 38.8 Å². The SMILES string of the molecule is Cc1cccc(C(=O)Nc2cc3cn(C4CCC(CN(C)CC5CCNCC5)CC4)nc3cc2C(C)(C)O)n1. The van der Waals surface area contributed by atoms with Gasteiger partial charge in [0, 0.05) is 41.6 Å². The van der Waals surface area contributed by atoms with E-state index in [-0.39, 0.29) is 5.91 Å². The Bertz CT molecular complexity index is 1280. The van der Waals surface area contributed by atoms with Crippen molar-refractivity contribution in [3.63, 3.8) is 0 Å². The van der Waals surface area contributed by atoms with E-state index < -0.39 is 5.60 Å². The van der Waals surface area contributed by atoms with Crippen LogP contribution >= 0.6 is 0 Å². The van der Waals surface area contributed by atoms with E-state index in [1.54, 1.807) is 19.9 Å². The van der Waals surface area contributed by atoms with E-state index in [1.807, 2.05) is 31.2 Å². The Morgan fingerprint density at radius 3 is 2.46 bits per heavy atom. The molecule has 5 rings (SSSR count). The molecule has 1 amide bonds. The summed E-state index contributed by atoms with van der Waals surface area (Å²) in [6.07, 6.45) is 9.38. The second kappa shape index (κ2) is 11.7.